The second-order valence-corrected chi connectivity index (χ2v) is 13.0. The fraction of sp³-hybridized carbons (Fsp3) is 0.960. The van der Waals surface area contributed by atoms with Crippen LogP contribution in [-0.2, 0) is 19.6 Å². The number of methoxy groups -OCH3 is 1. The molecule has 1 heterocycles. The van der Waals surface area contributed by atoms with Gasteiger partial charge in [0.25, 0.3) is 0 Å². The molecule has 0 aromatic rings. The SMILES string of the molecule is COC1CCC(S(=O)(=O)N2CCCC3CC(NC(=O)CCC4CCCCC4)CCC32)CC1. The third-order valence-corrected chi connectivity index (χ3v) is 11.3. The first kappa shape index (κ1) is 24.5. The Morgan fingerprint density at radius 1 is 0.938 bits per heavy atom. The van der Waals surface area contributed by atoms with E-state index in [1.54, 1.807) is 7.11 Å². The summed E-state index contributed by atoms with van der Waals surface area (Å²) in [5.74, 6) is 1.32. The average Bonchev–Trinajstić information content (AvgIpc) is 2.83. The van der Waals surface area contributed by atoms with Crippen LogP contribution in [0.25, 0.3) is 0 Å². The van der Waals surface area contributed by atoms with Crippen LogP contribution in [0, 0.1) is 11.8 Å². The van der Waals surface area contributed by atoms with E-state index in [-0.39, 0.29) is 29.3 Å². The lowest BCUT2D eigenvalue weighted by atomic mass is 9.77. The van der Waals surface area contributed by atoms with Crippen LogP contribution in [0.15, 0.2) is 0 Å². The smallest absolute Gasteiger partial charge is 0.220 e. The minimum atomic E-state index is -3.26. The molecule has 4 aliphatic rings. The first-order valence-electron chi connectivity index (χ1n) is 13.3. The topological polar surface area (TPSA) is 75.7 Å². The lowest BCUT2D eigenvalue weighted by Crippen LogP contribution is -2.55. The maximum Gasteiger partial charge on any atom is 0.220 e. The quantitative estimate of drug-likeness (QED) is 0.601. The lowest BCUT2D eigenvalue weighted by Gasteiger charge is -2.46. The van der Waals surface area contributed by atoms with Crippen molar-refractivity contribution in [3.8, 4) is 0 Å². The van der Waals surface area contributed by atoms with E-state index in [4.69, 9.17) is 4.74 Å². The van der Waals surface area contributed by atoms with E-state index < -0.39 is 10.0 Å². The maximum atomic E-state index is 13.5. The van der Waals surface area contributed by atoms with Gasteiger partial charge in [0.2, 0.25) is 15.9 Å². The van der Waals surface area contributed by atoms with Gasteiger partial charge in [0, 0.05) is 32.2 Å². The number of ether oxygens (including phenoxy) is 1. The highest BCUT2D eigenvalue weighted by molar-refractivity contribution is 7.89. The molecule has 0 aromatic carbocycles. The third-order valence-electron chi connectivity index (χ3n) is 8.84. The second-order valence-electron chi connectivity index (χ2n) is 10.9. The molecule has 0 aromatic heterocycles. The minimum absolute atomic E-state index is 0.129. The van der Waals surface area contributed by atoms with Crippen molar-refractivity contribution in [3.05, 3.63) is 0 Å². The summed E-state index contributed by atoms with van der Waals surface area (Å²) in [4.78, 5) is 12.6. The fourth-order valence-electron chi connectivity index (χ4n) is 6.93. The zero-order valence-corrected chi connectivity index (χ0v) is 20.8. The van der Waals surface area contributed by atoms with E-state index in [1.807, 2.05) is 4.31 Å². The highest BCUT2D eigenvalue weighted by atomic mass is 32.2. The molecule has 32 heavy (non-hydrogen) atoms. The lowest BCUT2D eigenvalue weighted by molar-refractivity contribution is -0.122. The summed E-state index contributed by atoms with van der Waals surface area (Å²) in [5, 5.41) is 3.05. The molecule has 3 unspecified atom stereocenters. The number of hydrogen-bond acceptors (Lipinski definition) is 4. The highest BCUT2D eigenvalue weighted by Crippen LogP contribution is 2.39. The van der Waals surface area contributed by atoms with Crippen molar-refractivity contribution in [2.24, 2.45) is 11.8 Å². The van der Waals surface area contributed by atoms with E-state index in [2.05, 4.69) is 5.32 Å². The van der Waals surface area contributed by atoms with Crippen molar-refractivity contribution >= 4 is 15.9 Å². The molecule has 6 nitrogen and oxygen atoms in total. The third kappa shape index (κ3) is 5.87. The normalized spacial score (nSPS) is 35.2. The number of amides is 1. The summed E-state index contributed by atoms with van der Waals surface area (Å²) in [6.45, 7) is 0.673. The fourth-order valence-corrected chi connectivity index (χ4v) is 9.22. The van der Waals surface area contributed by atoms with Crippen molar-refractivity contribution in [3.63, 3.8) is 0 Å². The Bertz CT molecular complexity index is 713. The maximum absolute atomic E-state index is 13.5. The molecule has 0 bridgehead atoms. The molecule has 0 spiro atoms. The van der Waals surface area contributed by atoms with Gasteiger partial charge in [-0.05, 0) is 76.0 Å². The first-order chi connectivity index (χ1) is 15.5. The van der Waals surface area contributed by atoms with Gasteiger partial charge < -0.3 is 10.1 Å². The second kappa shape index (κ2) is 11.2. The largest absolute Gasteiger partial charge is 0.381 e. The van der Waals surface area contributed by atoms with E-state index in [1.165, 1.54) is 32.1 Å². The Morgan fingerprint density at radius 3 is 2.41 bits per heavy atom. The van der Waals surface area contributed by atoms with Gasteiger partial charge in [-0.2, -0.15) is 4.31 Å². The summed E-state index contributed by atoms with van der Waals surface area (Å²) < 4.78 is 34.3. The minimum Gasteiger partial charge on any atom is -0.381 e. The standard InChI is InChI=1S/C25H44N2O4S/c1-31-22-11-13-23(14-12-22)32(29,30)27-17-5-8-20-18-21(10-15-24(20)27)26-25(28)16-9-19-6-3-2-4-7-19/h19-24H,2-18H2,1H3,(H,26,28). The van der Waals surface area contributed by atoms with Crippen LogP contribution in [-0.4, -0.2) is 55.7 Å². The Hall–Kier alpha value is -0.660. The molecule has 4 fully saturated rings. The molecule has 1 aliphatic heterocycles. The van der Waals surface area contributed by atoms with Gasteiger partial charge >= 0.3 is 0 Å². The number of rotatable bonds is 7. The highest BCUT2D eigenvalue weighted by Gasteiger charge is 2.45. The first-order valence-corrected chi connectivity index (χ1v) is 14.8. The predicted molar refractivity (Wildman–Crippen MR) is 127 cm³/mol. The Kier molecular flexibility index (Phi) is 8.54. The van der Waals surface area contributed by atoms with Crippen LogP contribution < -0.4 is 5.32 Å². The summed E-state index contributed by atoms with van der Waals surface area (Å²) in [7, 11) is -1.53. The van der Waals surface area contributed by atoms with Crippen LogP contribution in [0.3, 0.4) is 0 Å². The zero-order valence-electron chi connectivity index (χ0n) is 20.0. The summed E-state index contributed by atoms with van der Waals surface area (Å²) >= 11 is 0. The zero-order chi connectivity index (χ0) is 22.6. The number of nitrogens with one attached hydrogen (secondary N) is 1. The van der Waals surface area contributed by atoms with Crippen LogP contribution in [0.4, 0.5) is 0 Å². The predicted octanol–water partition coefficient (Wildman–Crippen LogP) is 4.38. The van der Waals surface area contributed by atoms with Crippen LogP contribution in [0.1, 0.15) is 103 Å². The van der Waals surface area contributed by atoms with Gasteiger partial charge in [-0.25, -0.2) is 8.42 Å². The molecule has 3 atom stereocenters. The van der Waals surface area contributed by atoms with E-state index in [9.17, 15) is 13.2 Å². The van der Waals surface area contributed by atoms with Crippen LogP contribution in [0.2, 0.25) is 0 Å². The number of sulfonamides is 1. The van der Waals surface area contributed by atoms with Gasteiger partial charge in [0.05, 0.1) is 11.4 Å². The van der Waals surface area contributed by atoms with Crippen LogP contribution >= 0.6 is 0 Å². The molecule has 4 rings (SSSR count). The van der Waals surface area contributed by atoms with Crippen molar-refractivity contribution in [1.82, 2.24) is 9.62 Å². The molecule has 1 N–H and O–H groups in total. The summed E-state index contributed by atoms with van der Waals surface area (Å²) in [5.41, 5.74) is 0. The van der Waals surface area contributed by atoms with E-state index >= 15 is 0 Å². The Balaban J connectivity index is 1.27. The summed E-state index contributed by atoms with van der Waals surface area (Å²) in [6.07, 6.45) is 16.3. The molecule has 3 aliphatic carbocycles. The molecule has 0 radical (unpaired) electrons. The van der Waals surface area contributed by atoms with Crippen LogP contribution in [0.5, 0.6) is 0 Å². The number of carbonyl (C=O) groups is 1. The van der Waals surface area contributed by atoms with Crippen molar-refractivity contribution in [2.75, 3.05) is 13.7 Å². The van der Waals surface area contributed by atoms with Gasteiger partial charge in [-0.3, -0.25) is 4.79 Å². The molecule has 1 saturated heterocycles. The molecular formula is C25H44N2O4S. The monoisotopic (exact) mass is 468 g/mol. The van der Waals surface area contributed by atoms with Crippen molar-refractivity contribution in [2.45, 2.75) is 126 Å². The van der Waals surface area contributed by atoms with Gasteiger partial charge in [0.1, 0.15) is 0 Å². The summed E-state index contributed by atoms with van der Waals surface area (Å²) in [6, 6.07) is 0.346. The van der Waals surface area contributed by atoms with Gasteiger partial charge in [-0.15, -0.1) is 0 Å². The van der Waals surface area contributed by atoms with Gasteiger partial charge in [0.15, 0.2) is 0 Å². The van der Waals surface area contributed by atoms with Crippen molar-refractivity contribution in [1.29, 1.82) is 0 Å². The van der Waals surface area contributed by atoms with E-state index in [0.717, 1.165) is 57.3 Å². The average molecular weight is 469 g/mol. The number of piperidine rings is 1. The van der Waals surface area contributed by atoms with Crippen molar-refractivity contribution < 1.29 is 17.9 Å². The Labute approximate surface area is 195 Å². The van der Waals surface area contributed by atoms with Gasteiger partial charge in [-0.1, -0.05) is 32.1 Å². The molecule has 7 heteroatoms. The van der Waals surface area contributed by atoms with E-state index in [0.29, 0.717) is 31.7 Å². The number of nitrogens with zero attached hydrogens (tertiary/aromatic N) is 1. The number of fused-ring (bicyclic) bond motifs is 1. The molecule has 1 amide bonds. The molecular weight excluding hydrogens is 424 g/mol. The molecule has 3 saturated carbocycles. The Morgan fingerprint density at radius 2 is 1.69 bits per heavy atom. The number of carbonyl (C=O) groups excluding carboxylic acids is 1. The molecule has 184 valence electrons. The number of hydrogen-bond donors (Lipinski definition) is 1.